The van der Waals surface area contributed by atoms with Crippen molar-refractivity contribution < 1.29 is 22.5 Å². The van der Waals surface area contributed by atoms with Gasteiger partial charge in [0.25, 0.3) is 0 Å². The Labute approximate surface area is 174 Å². The largest absolute Gasteiger partial charge is 0.416 e. The van der Waals surface area contributed by atoms with Gasteiger partial charge in [-0.25, -0.2) is 0 Å². The molecule has 0 bridgehead atoms. The van der Waals surface area contributed by atoms with Crippen LogP contribution in [0.15, 0.2) is 28.8 Å². The van der Waals surface area contributed by atoms with Crippen LogP contribution in [0.25, 0.3) is 0 Å². The Hall–Kier alpha value is -2.58. The molecule has 164 valence electrons. The molecule has 0 spiro atoms. The fourth-order valence-corrected chi connectivity index (χ4v) is 3.30. The van der Waals surface area contributed by atoms with Crippen LogP contribution >= 0.6 is 0 Å². The number of alkyl halides is 3. The zero-order valence-corrected chi connectivity index (χ0v) is 17.5. The van der Waals surface area contributed by atoms with Gasteiger partial charge in [0.15, 0.2) is 5.82 Å². The molecule has 1 aromatic carbocycles. The summed E-state index contributed by atoms with van der Waals surface area (Å²) in [5, 5.41) is 3.98. The lowest BCUT2D eigenvalue weighted by molar-refractivity contribution is -0.137. The summed E-state index contributed by atoms with van der Waals surface area (Å²) in [5.41, 5.74) is -0.311. The summed E-state index contributed by atoms with van der Waals surface area (Å²) in [5.74, 6) is 1.21. The van der Waals surface area contributed by atoms with Crippen LogP contribution in [0.5, 0.6) is 0 Å². The van der Waals surface area contributed by atoms with Crippen LogP contribution in [0.2, 0.25) is 0 Å². The number of hydrogen-bond donors (Lipinski definition) is 0. The smallest absolute Gasteiger partial charge is 0.368 e. The third kappa shape index (κ3) is 5.52. The van der Waals surface area contributed by atoms with Gasteiger partial charge in [-0.3, -0.25) is 4.79 Å². The molecule has 1 amide bonds. The zero-order chi connectivity index (χ0) is 21.9. The standard InChI is InChI=1S/C21H27F3N4O2/c1-20(2,3)19-25-17(30-26-19)8-5-9-18(29)28-12-10-27(11-13-28)16-7-4-6-15(14-16)21(22,23)24/h4,6-7,14H,5,8-13H2,1-3H3. The molecule has 2 heterocycles. The fourth-order valence-electron chi connectivity index (χ4n) is 3.30. The number of amides is 1. The van der Waals surface area contributed by atoms with Gasteiger partial charge in [0.2, 0.25) is 11.8 Å². The Kier molecular flexibility index (Phi) is 6.38. The molecule has 9 heteroatoms. The Morgan fingerprint density at radius 1 is 1.13 bits per heavy atom. The molecule has 0 atom stereocenters. The molecular formula is C21H27F3N4O2. The summed E-state index contributed by atoms with van der Waals surface area (Å²) in [4.78, 5) is 20.5. The number of halogens is 3. The Morgan fingerprint density at radius 3 is 2.43 bits per heavy atom. The second kappa shape index (κ2) is 8.65. The second-order valence-corrected chi connectivity index (χ2v) is 8.53. The third-order valence-electron chi connectivity index (χ3n) is 5.09. The summed E-state index contributed by atoms with van der Waals surface area (Å²) >= 11 is 0. The summed E-state index contributed by atoms with van der Waals surface area (Å²) < 4.78 is 44.0. The number of aromatic nitrogens is 2. The molecule has 0 saturated carbocycles. The van der Waals surface area contributed by atoms with E-state index >= 15 is 0 Å². The predicted octanol–water partition coefficient (Wildman–Crippen LogP) is 4.06. The third-order valence-corrected chi connectivity index (χ3v) is 5.09. The highest BCUT2D eigenvalue weighted by Gasteiger charge is 2.31. The van der Waals surface area contributed by atoms with Crippen molar-refractivity contribution in [1.82, 2.24) is 15.0 Å². The molecule has 1 aliphatic rings. The van der Waals surface area contributed by atoms with E-state index in [1.54, 1.807) is 11.0 Å². The van der Waals surface area contributed by atoms with E-state index in [4.69, 9.17) is 4.52 Å². The Morgan fingerprint density at radius 2 is 1.83 bits per heavy atom. The lowest BCUT2D eigenvalue weighted by atomic mass is 9.96. The maximum absolute atomic E-state index is 12.9. The van der Waals surface area contributed by atoms with Gasteiger partial charge in [0.1, 0.15) is 0 Å². The number of aryl methyl sites for hydroxylation is 1. The lowest BCUT2D eigenvalue weighted by Crippen LogP contribution is -2.48. The first kappa shape index (κ1) is 22.1. The van der Waals surface area contributed by atoms with Gasteiger partial charge in [0.05, 0.1) is 5.56 Å². The van der Waals surface area contributed by atoms with Crippen molar-refractivity contribution in [2.75, 3.05) is 31.1 Å². The summed E-state index contributed by atoms with van der Waals surface area (Å²) in [6.45, 7) is 8.00. The minimum absolute atomic E-state index is 0.0363. The van der Waals surface area contributed by atoms with E-state index in [1.165, 1.54) is 6.07 Å². The number of carbonyl (C=O) groups excluding carboxylic acids is 1. The summed E-state index contributed by atoms with van der Waals surface area (Å²) in [6, 6.07) is 5.31. The van der Waals surface area contributed by atoms with E-state index in [0.717, 1.165) is 12.1 Å². The highest BCUT2D eigenvalue weighted by molar-refractivity contribution is 5.76. The quantitative estimate of drug-likeness (QED) is 0.725. The highest BCUT2D eigenvalue weighted by atomic mass is 19.4. The van der Waals surface area contributed by atoms with Gasteiger partial charge in [-0.2, -0.15) is 18.2 Å². The number of hydrogen-bond acceptors (Lipinski definition) is 5. The first-order valence-corrected chi connectivity index (χ1v) is 10.1. The molecule has 0 N–H and O–H groups in total. The minimum atomic E-state index is -4.36. The van der Waals surface area contributed by atoms with E-state index in [9.17, 15) is 18.0 Å². The van der Waals surface area contributed by atoms with Crippen LogP contribution in [0.3, 0.4) is 0 Å². The topological polar surface area (TPSA) is 62.5 Å². The number of benzene rings is 1. The van der Waals surface area contributed by atoms with E-state index < -0.39 is 11.7 Å². The van der Waals surface area contributed by atoms with Crippen molar-refractivity contribution in [3.05, 3.63) is 41.5 Å². The fraction of sp³-hybridized carbons (Fsp3) is 0.571. The number of anilines is 1. The Balaban J connectivity index is 1.46. The Bertz CT molecular complexity index is 866. The number of rotatable bonds is 5. The van der Waals surface area contributed by atoms with E-state index in [-0.39, 0.29) is 11.3 Å². The number of nitrogens with zero attached hydrogens (tertiary/aromatic N) is 4. The average Bonchev–Trinajstić information content (AvgIpc) is 3.17. The normalized spacial score (nSPS) is 15.5. The van der Waals surface area contributed by atoms with Crippen molar-refractivity contribution >= 4 is 11.6 Å². The van der Waals surface area contributed by atoms with E-state index in [1.807, 2.05) is 25.7 Å². The summed E-state index contributed by atoms with van der Waals surface area (Å²) in [7, 11) is 0. The lowest BCUT2D eigenvalue weighted by Gasteiger charge is -2.36. The van der Waals surface area contributed by atoms with Gasteiger partial charge in [0, 0.05) is 50.1 Å². The molecule has 1 saturated heterocycles. The van der Waals surface area contributed by atoms with E-state index in [2.05, 4.69) is 10.1 Å². The minimum Gasteiger partial charge on any atom is -0.368 e. The van der Waals surface area contributed by atoms with Gasteiger partial charge < -0.3 is 14.3 Å². The molecule has 6 nitrogen and oxygen atoms in total. The van der Waals surface area contributed by atoms with Crippen LogP contribution in [-0.4, -0.2) is 47.1 Å². The molecule has 1 aliphatic heterocycles. The van der Waals surface area contributed by atoms with E-state index in [0.29, 0.717) is 62.8 Å². The van der Waals surface area contributed by atoms with Crippen LogP contribution in [0, 0.1) is 0 Å². The van der Waals surface area contributed by atoms with Crippen LogP contribution in [0.1, 0.15) is 50.9 Å². The molecule has 2 aromatic rings. The predicted molar refractivity (Wildman–Crippen MR) is 106 cm³/mol. The van der Waals surface area contributed by atoms with Crippen molar-refractivity contribution in [3.8, 4) is 0 Å². The first-order chi connectivity index (χ1) is 14.0. The monoisotopic (exact) mass is 424 g/mol. The first-order valence-electron chi connectivity index (χ1n) is 10.1. The molecule has 30 heavy (non-hydrogen) atoms. The molecule has 0 aliphatic carbocycles. The zero-order valence-electron chi connectivity index (χ0n) is 17.5. The summed E-state index contributed by atoms with van der Waals surface area (Å²) in [6.07, 6.45) is -2.84. The molecule has 3 rings (SSSR count). The molecule has 0 radical (unpaired) electrons. The van der Waals surface area contributed by atoms with Crippen molar-refractivity contribution in [2.24, 2.45) is 0 Å². The SMILES string of the molecule is CC(C)(C)c1noc(CCCC(=O)N2CCN(c3cccc(C(F)(F)F)c3)CC2)n1. The molecule has 1 aromatic heterocycles. The maximum atomic E-state index is 12.9. The number of piperazine rings is 1. The average molecular weight is 424 g/mol. The highest BCUT2D eigenvalue weighted by Crippen LogP contribution is 2.32. The van der Waals surface area contributed by atoms with Gasteiger partial charge in [-0.15, -0.1) is 0 Å². The number of carbonyl (C=O) groups is 1. The maximum Gasteiger partial charge on any atom is 0.416 e. The second-order valence-electron chi connectivity index (χ2n) is 8.53. The van der Waals surface area contributed by atoms with Crippen molar-refractivity contribution in [2.45, 2.75) is 51.6 Å². The molecular weight excluding hydrogens is 397 g/mol. The van der Waals surface area contributed by atoms with Gasteiger partial charge in [-0.1, -0.05) is 32.0 Å². The van der Waals surface area contributed by atoms with Crippen molar-refractivity contribution in [3.63, 3.8) is 0 Å². The molecule has 0 unspecified atom stereocenters. The van der Waals surface area contributed by atoms with Gasteiger partial charge >= 0.3 is 6.18 Å². The van der Waals surface area contributed by atoms with Crippen LogP contribution in [0.4, 0.5) is 18.9 Å². The van der Waals surface area contributed by atoms with Crippen LogP contribution < -0.4 is 4.90 Å². The van der Waals surface area contributed by atoms with Crippen LogP contribution in [-0.2, 0) is 22.8 Å². The molecule has 1 fully saturated rings. The van der Waals surface area contributed by atoms with Gasteiger partial charge in [-0.05, 0) is 24.6 Å². The van der Waals surface area contributed by atoms with Crippen molar-refractivity contribution in [1.29, 1.82) is 0 Å².